The molecule has 0 spiro atoms. The van der Waals surface area contributed by atoms with Crippen LogP contribution in [0.3, 0.4) is 0 Å². The van der Waals surface area contributed by atoms with Crippen molar-refractivity contribution in [1.29, 1.82) is 0 Å². The van der Waals surface area contributed by atoms with Crippen LogP contribution in [-0.4, -0.2) is 69.9 Å². The number of piperidine rings is 1. The molecule has 0 aliphatic carbocycles. The molecular formula is C28H33N7O2. The van der Waals surface area contributed by atoms with Crippen LogP contribution < -0.4 is 10.6 Å². The van der Waals surface area contributed by atoms with Crippen molar-refractivity contribution < 1.29 is 9.15 Å². The zero-order valence-corrected chi connectivity index (χ0v) is 21.0. The van der Waals surface area contributed by atoms with Gasteiger partial charge in [0.05, 0.1) is 25.2 Å². The number of morpholine rings is 1. The van der Waals surface area contributed by atoms with E-state index in [0.717, 1.165) is 50.7 Å². The SMILES string of the molecule is C=CC=C.Nc1nc(-c2cccc(N3CCC(N4CCOCC4)CC3)c2)cc2nc(-c3ccco3)nn12. The van der Waals surface area contributed by atoms with Gasteiger partial charge in [0.25, 0.3) is 0 Å². The Labute approximate surface area is 216 Å². The monoisotopic (exact) mass is 499 g/mol. The van der Waals surface area contributed by atoms with Gasteiger partial charge in [-0.2, -0.15) is 4.52 Å². The second-order valence-electron chi connectivity index (χ2n) is 9.07. The molecule has 1 aromatic carbocycles. The van der Waals surface area contributed by atoms with E-state index in [4.69, 9.17) is 14.9 Å². The Morgan fingerprint density at radius 3 is 2.43 bits per heavy atom. The van der Waals surface area contributed by atoms with Gasteiger partial charge in [0, 0.05) is 49.5 Å². The first-order valence-corrected chi connectivity index (χ1v) is 12.6. The van der Waals surface area contributed by atoms with Crippen LogP contribution >= 0.6 is 0 Å². The molecule has 0 bridgehead atoms. The fraction of sp³-hybridized carbons (Fsp3) is 0.321. The number of fused-ring (bicyclic) bond motifs is 1. The summed E-state index contributed by atoms with van der Waals surface area (Å²) in [4.78, 5) is 14.2. The van der Waals surface area contributed by atoms with Crippen LogP contribution in [0.1, 0.15) is 12.8 Å². The molecule has 5 heterocycles. The van der Waals surface area contributed by atoms with Crippen molar-refractivity contribution in [3.05, 3.63) is 74.0 Å². The van der Waals surface area contributed by atoms with Crippen LogP contribution in [0.4, 0.5) is 11.6 Å². The Kier molecular flexibility index (Phi) is 7.62. The molecule has 2 saturated heterocycles. The van der Waals surface area contributed by atoms with E-state index in [9.17, 15) is 0 Å². The minimum absolute atomic E-state index is 0.296. The van der Waals surface area contributed by atoms with E-state index in [0.29, 0.717) is 29.2 Å². The van der Waals surface area contributed by atoms with Crippen LogP contribution in [-0.2, 0) is 4.74 Å². The largest absolute Gasteiger partial charge is 0.461 e. The minimum Gasteiger partial charge on any atom is -0.461 e. The molecular weight excluding hydrogens is 466 g/mol. The molecule has 192 valence electrons. The summed E-state index contributed by atoms with van der Waals surface area (Å²) in [6.07, 6.45) is 7.23. The summed E-state index contributed by atoms with van der Waals surface area (Å²) < 4.78 is 12.5. The van der Waals surface area contributed by atoms with E-state index in [2.05, 4.69) is 62.3 Å². The number of allylic oxidation sites excluding steroid dienone is 2. The molecule has 2 aliphatic rings. The predicted octanol–water partition coefficient (Wildman–Crippen LogP) is 4.29. The fourth-order valence-corrected chi connectivity index (χ4v) is 4.86. The van der Waals surface area contributed by atoms with Crippen LogP contribution in [0.25, 0.3) is 28.5 Å². The quantitative estimate of drug-likeness (QED) is 0.406. The summed E-state index contributed by atoms with van der Waals surface area (Å²) in [6.45, 7) is 12.7. The van der Waals surface area contributed by atoms with E-state index in [1.54, 1.807) is 22.9 Å². The van der Waals surface area contributed by atoms with Crippen LogP contribution in [0.15, 0.2) is 78.5 Å². The average Bonchev–Trinajstić information content (AvgIpc) is 3.65. The maximum absolute atomic E-state index is 6.22. The summed E-state index contributed by atoms with van der Waals surface area (Å²) in [6, 6.07) is 14.7. The number of anilines is 2. The molecule has 0 radical (unpaired) electrons. The van der Waals surface area contributed by atoms with Crippen molar-refractivity contribution in [1.82, 2.24) is 24.5 Å². The number of nitrogen functional groups attached to an aromatic ring is 1. The van der Waals surface area contributed by atoms with E-state index in [1.165, 1.54) is 18.5 Å². The molecule has 0 unspecified atom stereocenters. The molecule has 2 N–H and O–H groups in total. The highest BCUT2D eigenvalue weighted by molar-refractivity contribution is 5.70. The Bertz CT molecular complexity index is 1330. The smallest absolute Gasteiger partial charge is 0.223 e. The molecule has 0 amide bonds. The summed E-state index contributed by atoms with van der Waals surface area (Å²) in [7, 11) is 0. The number of nitrogens with two attached hydrogens (primary N) is 1. The van der Waals surface area contributed by atoms with Crippen LogP contribution in [0.2, 0.25) is 0 Å². The van der Waals surface area contributed by atoms with Crippen molar-refractivity contribution in [3.63, 3.8) is 0 Å². The second kappa shape index (κ2) is 11.4. The molecule has 4 aromatic rings. The number of hydrogen-bond acceptors (Lipinski definition) is 8. The standard InChI is InChI=1S/C24H27N7O2.C4H6/c25-24-26-20(16-22-27-23(28-31(22)24)21-5-2-12-33-21)17-3-1-4-19(15-17)29-8-6-18(7-9-29)30-10-13-32-14-11-30;1-3-4-2/h1-5,12,15-16,18H,6-11,13-14H2,(H2,25,26);3-4H,1-2H2. The Morgan fingerprint density at radius 2 is 1.73 bits per heavy atom. The number of benzene rings is 1. The highest BCUT2D eigenvalue weighted by atomic mass is 16.5. The molecule has 0 atom stereocenters. The van der Waals surface area contributed by atoms with Crippen molar-refractivity contribution in [2.24, 2.45) is 0 Å². The highest BCUT2D eigenvalue weighted by Crippen LogP contribution is 2.29. The van der Waals surface area contributed by atoms with Crippen LogP contribution in [0.5, 0.6) is 0 Å². The van der Waals surface area contributed by atoms with E-state index >= 15 is 0 Å². The number of ether oxygens (including phenoxy) is 1. The molecule has 2 aliphatic heterocycles. The molecule has 6 rings (SSSR count). The molecule has 9 nitrogen and oxygen atoms in total. The minimum atomic E-state index is 0.296. The summed E-state index contributed by atoms with van der Waals surface area (Å²) in [5, 5.41) is 4.43. The van der Waals surface area contributed by atoms with Gasteiger partial charge < -0.3 is 19.8 Å². The summed E-state index contributed by atoms with van der Waals surface area (Å²) >= 11 is 0. The average molecular weight is 500 g/mol. The molecule has 0 saturated carbocycles. The van der Waals surface area contributed by atoms with Gasteiger partial charge in [-0.3, -0.25) is 4.90 Å². The summed E-state index contributed by atoms with van der Waals surface area (Å²) in [5.74, 6) is 1.38. The number of rotatable bonds is 5. The van der Waals surface area contributed by atoms with Gasteiger partial charge >= 0.3 is 0 Å². The van der Waals surface area contributed by atoms with Crippen molar-refractivity contribution >= 4 is 17.3 Å². The lowest BCUT2D eigenvalue weighted by molar-refractivity contribution is 0.0115. The van der Waals surface area contributed by atoms with Crippen molar-refractivity contribution in [2.45, 2.75) is 18.9 Å². The van der Waals surface area contributed by atoms with Gasteiger partial charge in [-0.1, -0.05) is 37.4 Å². The highest BCUT2D eigenvalue weighted by Gasteiger charge is 2.26. The lowest BCUT2D eigenvalue weighted by atomic mass is 10.0. The van der Waals surface area contributed by atoms with E-state index < -0.39 is 0 Å². The first kappa shape index (κ1) is 24.7. The Hall–Kier alpha value is -3.95. The lowest BCUT2D eigenvalue weighted by Crippen LogP contribution is -2.49. The van der Waals surface area contributed by atoms with Gasteiger partial charge in [-0.05, 0) is 37.1 Å². The number of aromatic nitrogens is 4. The molecule has 9 heteroatoms. The first-order chi connectivity index (χ1) is 18.2. The number of furan rings is 1. The second-order valence-corrected chi connectivity index (χ2v) is 9.07. The lowest BCUT2D eigenvalue weighted by Gasteiger charge is -2.40. The van der Waals surface area contributed by atoms with Crippen molar-refractivity contribution in [3.8, 4) is 22.8 Å². The summed E-state index contributed by atoms with van der Waals surface area (Å²) in [5.41, 5.74) is 9.87. The van der Waals surface area contributed by atoms with E-state index in [1.807, 2.05) is 18.2 Å². The predicted molar refractivity (Wildman–Crippen MR) is 146 cm³/mol. The number of hydrogen-bond donors (Lipinski definition) is 1. The third-order valence-electron chi connectivity index (χ3n) is 6.79. The van der Waals surface area contributed by atoms with Gasteiger partial charge in [0.15, 0.2) is 11.4 Å². The topological polar surface area (TPSA) is 98.0 Å². The number of nitrogens with zero attached hydrogens (tertiary/aromatic N) is 6. The molecule has 2 fully saturated rings. The molecule has 3 aromatic heterocycles. The van der Waals surface area contributed by atoms with Gasteiger partial charge in [0.2, 0.25) is 11.8 Å². The Balaban J connectivity index is 0.000000655. The van der Waals surface area contributed by atoms with Gasteiger partial charge in [0.1, 0.15) is 0 Å². The molecule has 37 heavy (non-hydrogen) atoms. The maximum Gasteiger partial charge on any atom is 0.223 e. The zero-order chi connectivity index (χ0) is 25.6. The van der Waals surface area contributed by atoms with Crippen LogP contribution in [0, 0.1) is 0 Å². The normalized spacial score (nSPS) is 16.8. The third kappa shape index (κ3) is 5.58. The van der Waals surface area contributed by atoms with Gasteiger partial charge in [-0.15, -0.1) is 5.10 Å². The fourth-order valence-electron chi connectivity index (χ4n) is 4.86. The van der Waals surface area contributed by atoms with Crippen molar-refractivity contribution in [2.75, 3.05) is 50.0 Å². The zero-order valence-electron chi connectivity index (χ0n) is 21.0. The maximum atomic E-state index is 6.22. The van der Waals surface area contributed by atoms with E-state index in [-0.39, 0.29) is 0 Å². The third-order valence-corrected chi connectivity index (χ3v) is 6.79. The Morgan fingerprint density at radius 1 is 0.946 bits per heavy atom. The first-order valence-electron chi connectivity index (χ1n) is 12.6. The van der Waals surface area contributed by atoms with Gasteiger partial charge in [-0.25, -0.2) is 9.97 Å².